The van der Waals surface area contributed by atoms with Gasteiger partial charge in [-0.05, 0) is 50.1 Å². The number of carbonyl (C=O) groups is 1. The Kier molecular flexibility index (Phi) is 6.52. The highest BCUT2D eigenvalue weighted by Crippen LogP contribution is 2.27. The van der Waals surface area contributed by atoms with Gasteiger partial charge in [-0.2, -0.15) is 4.31 Å². The summed E-state index contributed by atoms with van der Waals surface area (Å²) in [5, 5.41) is 2.78. The van der Waals surface area contributed by atoms with Crippen LogP contribution in [0, 0.1) is 5.82 Å². The minimum atomic E-state index is -3.80. The lowest BCUT2D eigenvalue weighted by atomic mass is 10.0. The molecule has 2 aromatic carbocycles. The average Bonchev–Trinajstić information content (AvgIpc) is 2.68. The lowest BCUT2D eigenvalue weighted by Crippen LogP contribution is -2.52. The van der Waals surface area contributed by atoms with Gasteiger partial charge in [0, 0.05) is 16.6 Å². The third-order valence-corrected chi connectivity index (χ3v) is 7.36. The molecule has 2 atom stereocenters. The number of piperidine rings is 1. The molecule has 1 amide bonds. The zero-order valence-corrected chi connectivity index (χ0v) is 17.8. The molecular weight excluding hydrogens is 447 g/mol. The molecule has 2 unspecified atom stereocenters. The molecule has 1 N–H and O–H groups in total. The summed E-state index contributed by atoms with van der Waals surface area (Å²) in [6.45, 7) is 1.97. The molecule has 8 heteroatoms. The Bertz CT molecular complexity index is 950. The smallest absolute Gasteiger partial charge is 0.243 e. The van der Waals surface area contributed by atoms with Crippen molar-refractivity contribution in [3.05, 3.63) is 64.4 Å². The fourth-order valence-electron chi connectivity index (χ4n) is 3.41. The van der Waals surface area contributed by atoms with Crippen LogP contribution < -0.4 is 5.32 Å². The second kappa shape index (κ2) is 8.71. The van der Waals surface area contributed by atoms with Crippen LogP contribution in [0.4, 0.5) is 4.39 Å². The summed E-state index contributed by atoms with van der Waals surface area (Å²) in [5.41, 5.74) is 0.369. The third-order valence-electron chi connectivity index (χ3n) is 4.91. The Balaban J connectivity index is 1.82. The Morgan fingerprint density at radius 1 is 1.18 bits per heavy atom. The molecule has 0 aromatic heterocycles. The van der Waals surface area contributed by atoms with E-state index >= 15 is 0 Å². The van der Waals surface area contributed by atoms with E-state index in [9.17, 15) is 17.6 Å². The number of rotatable bonds is 5. The normalized spacial score (nSPS) is 19.2. The lowest BCUT2D eigenvalue weighted by molar-refractivity contribution is -0.126. The standard InChI is InChI=1S/C20H22BrFN2O3S/c1-14(17-6-2-3-7-18(17)22)23-20(25)19-8-4-5-13-24(19)28(26,27)16-11-9-15(21)10-12-16/h2-3,6-7,9-12,14,19H,4-5,8,13H2,1H3,(H,23,25). The largest absolute Gasteiger partial charge is 0.348 e. The highest BCUT2D eigenvalue weighted by Gasteiger charge is 2.38. The second-order valence-electron chi connectivity index (χ2n) is 6.83. The molecule has 1 fully saturated rings. The van der Waals surface area contributed by atoms with Crippen molar-refractivity contribution in [3.63, 3.8) is 0 Å². The first-order valence-electron chi connectivity index (χ1n) is 9.13. The number of halogens is 2. The van der Waals surface area contributed by atoms with Crippen LogP contribution >= 0.6 is 15.9 Å². The SMILES string of the molecule is CC(NC(=O)C1CCCCN1S(=O)(=O)c1ccc(Br)cc1)c1ccccc1F. The highest BCUT2D eigenvalue weighted by molar-refractivity contribution is 9.10. The zero-order valence-electron chi connectivity index (χ0n) is 15.4. The van der Waals surface area contributed by atoms with Crippen LogP contribution in [0.25, 0.3) is 0 Å². The van der Waals surface area contributed by atoms with Crippen molar-refractivity contribution in [2.75, 3.05) is 6.54 Å². The van der Waals surface area contributed by atoms with Gasteiger partial charge < -0.3 is 5.32 Å². The molecule has 5 nitrogen and oxygen atoms in total. The minimum absolute atomic E-state index is 0.151. The average molecular weight is 469 g/mol. The van der Waals surface area contributed by atoms with E-state index in [1.54, 1.807) is 37.3 Å². The van der Waals surface area contributed by atoms with Crippen LogP contribution in [-0.4, -0.2) is 31.2 Å². The van der Waals surface area contributed by atoms with Crippen molar-refractivity contribution in [1.82, 2.24) is 9.62 Å². The summed E-state index contributed by atoms with van der Waals surface area (Å²) in [6.07, 6.45) is 1.90. The Morgan fingerprint density at radius 2 is 1.86 bits per heavy atom. The maximum Gasteiger partial charge on any atom is 0.243 e. The second-order valence-corrected chi connectivity index (χ2v) is 9.64. The van der Waals surface area contributed by atoms with Gasteiger partial charge in [0.25, 0.3) is 0 Å². The molecule has 0 saturated carbocycles. The molecule has 1 heterocycles. The van der Waals surface area contributed by atoms with Gasteiger partial charge in [0.2, 0.25) is 15.9 Å². The quantitative estimate of drug-likeness (QED) is 0.720. The summed E-state index contributed by atoms with van der Waals surface area (Å²) >= 11 is 3.30. The van der Waals surface area contributed by atoms with E-state index in [0.29, 0.717) is 18.4 Å². The molecule has 1 saturated heterocycles. The van der Waals surface area contributed by atoms with Gasteiger partial charge in [0.15, 0.2) is 0 Å². The molecule has 2 aromatic rings. The topological polar surface area (TPSA) is 66.5 Å². The number of hydrogen-bond acceptors (Lipinski definition) is 3. The van der Waals surface area contributed by atoms with Crippen LogP contribution in [0.2, 0.25) is 0 Å². The molecule has 1 aliphatic heterocycles. The highest BCUT2D eigenvalue weighted by atomic mass is 79.9. The molecular formula is C20H22BrFN2O3S. The molecule has 1 aliphatic rings. The van der Waals surface area contributed by atoms with Gasteiger partial charge in [0.1, 0.15) is 11.9 Å². The van der Waals surface area contributed by atoms with Crippen molar-refractivity contribution in [3.8, 4) is 0 Å². The zero-order chi connectivity index (χ0) is 20.3. The van der Waals surface area contributed by atoms with Crippen molar-refractivity contribution in [2.45, 2.75) is 43.2 Å². The Morgan fingerprint density at radius 3 is 2.54 bits per heavy atom. The number of sulfonamides is 1. The third kappa shape index (κ3) is 4.45. The van der Waals surface area contributed by atoms with Crippen molar-refractivity contribution in [2.24, 2.45) is 0 Å². The minimum Gasteiger partial charge on any atom is -0.348 e. The Labute approximate surface area is 173 Å². The summed E-state index contributed by atoms with van der Waals surface area (Å²) in [6, 6.07) is 11.2. The van der Waals surface area contributed by atoms with Gasteiger partial charge >= 0.3 is 0 Å². The number of nitrogens with zero attached hydrogens (tertiary/aromatic N) is 1. The monoisotopic (exact) mass is 468 g/mol. The molecule has 150 valence electrons. The molecule has 3 rings (SSSR count). The van der Waals surface area contributed by atoms with E-state index in [4.69, 9.17) is 0 Å². The number of hydrogen-bond donors (Lipinski definition) is 1. The molecule has 0 aliphatic carbocycles. The summed E-state index contributed by atoms with van der Waals surface area (Å²) in [7, 11) is -3.80. The van der Waals surface area contributed by atoms with Crippen LogP contribution in [0.15, 0.2) is 57.9 Å². The fraction of sp³-hybridized carbons (Fsp3) is 0.350. The molecule has 0 spiro atoms. The van der Waals surface area contributed by atoms with Crippen LogP contribution in [0.5, 0.6) is 0 Å². The molecule has 0 radical (unpaired) electrons. The first-order chi connectivity index (χ1) is 13.3. The first-order valence-corrected chi connectivity index (χ1v) is 11.4. The maximum absolute atomic E-state index is 14.0. The summed E-state index contributed by atoms with van der Waals surface area (Å²) in [5.74, 6) is -0.811. The van der Waals surface area contributed by atoms with E-state index in [2.05, 4.69) is 21.2 Å². The van der Waals surface area contributed by atoms with E-state index in [1.807, 2.05) is 0 Å². The Hall–Kier alpha value is -1.77. The van der Waals surface area contributed by atoms with Gasteiger partial charge in [0.05, 0.1) is 10.9 Å². The molecule has 28 heavy (non-hydrogen) atoms. The van der Waals surface area contributed by atoms with Gasteiger partial charge in [-0.3, -0.25) is 4.79 Å². The van der Waals surface area contributed by atoms with E-state index in [1.165, 1.54) is 22.5 Å². The fourth-order valence-corrected chi connectivity index (χ4v) is 5.33. The van der Waals surface area contributed by atoms with E-state index < -0.39 is 33.8 Å². The first kappa shape index (κ1) is 21.0. The van der Waals surface area contributed by atoms with Crippen LogP contribution in [0.1, 0.15) is 37.8 Å². The predicted octanol–water partition coefficient (Wildman–Crippen LogP) is 4.01. The maximum atomic E-state index is 14.0. The molecule has 0 bridgehead atoms. The van der Waals surface area contributed by atoms with Gasteiger partial charge in [-0.1, -0.05) is 40.5 Å². The van der Waals surface area contributed by atoms with Crippen LogP contribution in [0.3, 0.4) is 0 Å². The van der Waals surface area contributed by atoms with E-state index in [-0.39, 0.29) is 11.4 Å². The van der Waals surface area contributed by atoms with E-state index in [0.717, 1.165) is 10.9 Å². The van der Waals surface area contributed by atoms with Crippen LogP contribution in [-0.2, 0) is 14.8 Å². The predicted molar refractivity (Wildman–Crippen MR) is 109 cm³/mol. The summed E-state index contributed by atoms with van der Waals surface area (Å²) in [4.78, 5) is 13.0. The van der Waals surface area contributed by atoms with Crippen molar-refractivity contribution >= 4 is 31.9 Å². The number of benzene rings is 2. The van der Waals surface area contributed by atoms with Crippen molar-refractivity contribution in [1.29, 1.82) is 0 Å². The van der Waals surface area contributed by atoms with Gasteiger partial charge in [-0.25, -0.2) is 12.8 Å². The number of amides is 1. The van der Waals surface area contributed by atoms with Gasteiger partial charge in [-0.15, -0.1) is 0 Å². The summed E-state index contributed by atoms with van der Waals surface area (Å²) < 4.78 is 42.2. The van der Waals surface area contributed by atoms with Crippen molar-refractivity contribution < 1.29 is 17.6 Å². The lowest BCUT2D eigenvalue weighted by Gasteiger charge is -2.34. The number of nitrogens with one attached hydrogen (secondary N) is 1. The number of carbonyl (C=O) groups excluding carboxylic acids is 1.